The first-order valence-corrected chi connectivity index (χ1v) is 5.76. The lowest BCUT2D eigenvalue weighted by Crippen LogP contribution is -2.16. The van der Waals surface area contributed by atoms with E-state index < -0.39 is 0 Å². The van der Waals surface area contributed by atoms with Gasteiger partial charge in [-0.25, -0.2) is 0 Å². The van der Waals surface area contributed by atoms with Crippen LogP contribution in [0.5, 0.6) is 0 Å². The number of rotatable bonds is 5. The zero-order chi connectivity index (χ0) is 12.0. The topological polar surface area (TPSA) is 64.1 Å². The molecule has 0 fully saturated rings. The molecule has 3 heteroatoms. The van der Waals surface area contributed by atoms with Crippen LogP contribution in [0.4, 0.5) is 0 Å². The molecule has 1 rings (SSSR count). The van der Waals surface area contributed by atoms with Crippen LogP contribution in [0.2, 0.25) is 0 Å². The van der Waals surface area contributed by atoms with Crippen molar-refractivity contribution in [1.82, 2.24) is 5.43 Å². The zero-order valence-electron chi connectivity index (χ0n) is 10.1. The van der Waals surface area contributed by atoms with E-state index in [0.717, 1.165) is 18.4 Å². The Kier molecular flexibility index (Phi) is 4.86. The van der Waals surface area contributed by atoms with E-state index in [1.165, 1.54) is 17.5 Å². The largest absolute Gasteiger partial charge is 0.397 e. The van der Waals surface area contributed by atoms with Crippen molar-refractivity contribution in [3.63, 3.8) is 0 Å². The molecule has 5 N–H and O–H groups in total. The zero-order valence-corrected chi connectivity index (χ0v) is 10.1. The number of aryl methyl sites for hydroxylation is 2. The number of nitrogens with two attached hydrogens (primary N) is 2. The molecule has 0 aliphatic carbocycles. The number of hydrazine groups is 1. The Morgan fingerprint density at radius 1 is 1.31 bits per heavy atom. The molecule has 1 aromatic rings. The Balaban J connectivity index is 3.03. The summed E-state index contributed by atoms with van der Waals surface area (Å²) in [5.74, 6) is 5.21. The minimum atomic E-state index is 0.667. The summed E-state index contributed by atoms with van der Waals surface area (Å²) in [6.45, 7) is 4.36. The average Bonchev–Trinajstić information content (AvgIpc) is 2.30. The van der Waals surface area contributed by atoms with Crippen LogP contribution in [0.15, 0.2) is 24.4 Å². The monoisotopic (exact) mass is 219 g/mol. The molecule has 0 bridgehead atoms. The Morgan fingerprint density at radius 2 is 2.06 bits per heavy atom. The molecular formula is C13H21N3. The van der Waals surface area contributed by atoms with Crippen LogP contribution < -0.4 is 17.0 Å². The van der Waals surface area contributed by atoms with Gasteiger partial charge in [0.2, 0.25) is 0 Å². The highest BCUT2D eigenvalue weighted by Crippen LogP contribution is 2.17. The molecule has 0 radical (unpaired) electrons. The molecule has 0 spiro atoms. The molecule has 3 nitrogen and oxygen atoms in total. The minimum absolute atomic E-state index is 0.667. The Labute approximate surface area is 97.5 Å². The van der Waals surface area contributed by atoms with E-state index in [1.54, 1.807) is 6.20 Å². The quantitative estimate of drug-likeness (QED) is 0.523. The van der Waals surface area contributed by atoms with Crippen molar-refractivity contribution < 1.29 is 0 Å². The summed E-state index contributed by atoms with van der Waals surface area (Å²) in [6.07, 6.45) is 4.94. The highest BCUT2D eigenvalue weighted by atomic mass is 15.2. The first kappa shape index (κ1) is 12.6. The van der Waals surface area contributed by atoms with E-state index in [1.807, 2.05) is 6.07 Å². The average molecular weight is 219 g/mol. The molecule has 0 heterocycles. The number of hydrogen-bond donors (Lipinski definition) is 3. The lowest BCUT2D eigenvalue weighted by molar-refractivity contribution is 0.898. The van der Waals surface area contributed by atoms with E-state index in [2.05, 4.69) is 31.4 Å². The molecule has 0 atom stereocenters. The third kappa shape index (κ3) is 3.00. The SMILES string of the molecule is CCCc1ccc(/C(N)=C/NN)cc1CC. The van der Waals surface area contributed by atoms with Crippen molar-refractivity contribution in [2.24, 2.45) is 11.6 Å². The minimum Gasteiger partial charge on any atom is -0.397 e. The van der Waals surface area contributed by atoms with E-state index in [0.29, 0.717) is 5.70 Å². The first-order chi connectivity index (χ1) is 7.72. The maximum Gasteiger partial charge on any atom is 0.0561 e. The number of nitrogens with one attached hydrogen (secondary N) is 1. The van der Waals surface area contributed by atoms with Gasteiger partial charge in [0.1, 0.15) is 0 Å². The van der Waals surface area contributed by atoms with Gasteiger partial charge < -0.3 is 11.2 Å². The summed E-state index contributed by atoms with van der Waals surface area (Å²) in [4.78, 5) is 0. The van der Waals surface area contributed by atoms with Gasteiger partial charge in [-0.2, -0.15) is 0 Å². The summed E-state index contributed by atoms with van der Waals surface area (Å²) in [6, 6.07) is 6.36. The predicted molar refractivity (Wildman–Crippen MR) is 69.3 cm³/mol. The molecule has 0 aliphatic rings. The molecule has 0 aromatic heterocycles. The summed E-state index contributed by atoms with van der Waals surface area (Å²) in [5, 5.41) is 0. The second-order valence-corrected chi connectivity index (χ2v) is 3.85. The van der Waals surface area contributed by atoms with Crippen molar-refractivity contribution in [3.05, 3.63) is 41.1 Å². The van der Waals surface area contributed by atoms with Crippen LogP contribution in [-0.4, -0.2) is 0 Å². The predicted octanol–water partition coefficient (Wildman–Crippen LogP) is 1.92. The van der Waals surface area contributed by atoms with Gasteiger partial charge >= 0.3 is 0 Å². The van der Waals surface area contributed by atoms with Gasteiger partial charge in [-0.1, -0.05) is 32.4 Å². The van der Waals surface area contributed by atoms with Crippen LogP contribution in [0.3, 0.4) is 0 Å². The highest BCUT2D eigenvalue weighted by molar-refractivity contribution is 5.63. The fourth-order valence-electron chi connectivity index (χ4n) is 1.82. The van der Waals surface area contributed by atoms with Gasteiger partial charge in [0.15, 0.2) is 0 Å². The second-order valence-electron chi connectivity index (χ2n) is 3.85. The fourth-order valence-corrected chi connectivity index (χ4v) is 1.82. The number of hydrogen-bond acceptors (Lipinski definition) is 3. The van der Waals surface area contributed by atoms with E-state index in [9.17, 15) is 0 Å². The summed E-state index contributed by atoms with van der Waals surface area (Å²) < 4.78 is 0. The van der Waals surface area contributed by atoms with E-state index in [-0.39, 0.29) is 0 Å². The van der Waals surface area contributed by atoms with Crippen LogP contribution in [0.25, 0.3) is 5.70 Å². The Morgan fingerprint density at radius 3 is 2.62 bits per heavy atom. The van der Waals surface area contributed by atoms with Gasteiger partial charge in [-0.15, -0.1) is 0 Å². The van der Waals surface area contributed by atoms with Crippen LogP contribution in [-0.2, 0) is 12.8 Å². The van der Waals surface area contributed by atoms with Crippen molar-refractivity contribution in [1.29, 1.82) is 0 Å². The van der Waals surface area contributed by atoms with Crippen molar-refractivity contribution >= 4 is 5.70 Å². The van der Waals surface area contributed by atoms with Crippen molar-refractivity contribution in [3.8, 4) is 0 Å². The molecular weight excluding hydrogens is 198 g/mol. The standard InChI is InChI=1S/C13H21N3/c1-3-5-11-6-7-12(8-10(11)4-2)13(14)9-16-15/h6-9,16H,3-5,14-15H2,1-2H3/b13-9-. The van der Waals surface area contributed by atoms with Gasteiger partial charge in [0.25, 0.3) is 0 Å². The first-order valence-electron chi connectivity index (χ1n) is 5.76. The van der Waals surface area contributed by atoms with Crippen molar-refractivity contribution in [2.75, 3.05) is 0 Å². The Bertz CT molecular complexity index is 369. The molecule has 16 heavy (non-hydrogen) atoms. The van der Waals surface area contributed by atoms with Gasteiger partial charge in [-0.05, 0) is 35.6 Å². The van der Waals surface area contributed by atoms with Crippen molar-refractivity contribution in [2.45, 2.75) is 33.1 Å². The summed E-state index contributed by atoms with van der Waals surface area (Å²) in [5.41, 5.74) is 12.8. The molecule has 0 unspecified atom stereocenters. The lowest BCUT2D eigenvalue weighted by Gasteiger charge is -2.10. The molecule has 0 saturated carbocycles. The van der Waals surface area contributed by atoms with Gasteiger partial charge in [0, 0.05) is 6.20 Å². The highest BCUT2D eigenvalue weighted by Gasteiger charge is 2.03. The molecule has 1 aromatic carbocycles. The number of benzene rings is 1. The lowest BCUT2D eigenvalue weighted by atomic mass is 9.98. The van der Waals surface area contributed by atoms with E-state index >= 15 is 0 Å². The molecule has 0 aliphatic heterocycles. The Hall–Kier alpha value is -1.48. The van der Waals surface area contributed by atoms with E-state index in [4.69, 9.17) is 11.6 Å². The van der Waals surface area contributed by atoms with Crippen LogP contribution in [0.1, 0.15) is 37.0 Å². The summed E-state index contributed by atoms with van der Waals surface area (Å²) in [7, 11) is 0. The molecule has 88 valence electrons. The maximum absolute atomic E-state index is 5.87. The maximum atomic E-state index is 5.87. The fraction of sp³-hybridized carbons (Fsp3) is 0.385. The molecule has 0 saturated heterocycles. The smallest absolute Gasteiger partial charge is 0.0561 e. The van der Waals surface area contributed by atoms with Crippen LogP contribution >= 0.6 is 0 Å². The second kappa shape index (κ2) is 6.18. The van der Waals surface area contributed by atoms with Gasteiger partial charge in [0.05, 0.1) is 5.70 Å². The summed E-state index contributed by atoms with van der Waals surface area (Å²) >= 11 is 0. The van der Waals surface area contributed by atoms with Crippen LogP contribution in [0, 0.1) is 0 Å². The van der Waals surface area contributed by atoms with Gasteiger partial charge in [-0.3, -0.25) is 5.84 Å². The third-order valence-corrected chi connectivity index (χ3v) is 2.68. The molecule has 0 amide bonds. The normalized spacial score (nSPS) is 11.6. The third-order valence-electron chi connectivity index (χ3n) is 2.68.